The third kappa shape index (κ3) is 10.7. The molecule has 0 unspecified atom stereocenters. The molecule has 2 fully saturated rings. The molecule has 3 aliphatic heterocycles. The number of rotatable bonds is 8. The Labute approximate surface area is 352 Å². The number of likely N-dealkylation sites (tertiary alicyclic amines) is 2. The van der Waals surface area contributed by atoms with Crippen LogP contribution < -0.4 is 5.32 Å². The molecule has 0 aliphatic carbocycles. The minimum atomic E-state index is -1.50. The topological polar surface area (TPSA) is 140 Å². The van der Waals surface area contributed by atoms with E-state index in [1.807, 2.05) is 48.4 Å². The Balaban J connectivity index is 0.00000261. The van der Waals surface area contributed by atoms with E-state index in [0.29, 0.717) is 24.7 Å². The predicted octanol–water partition coefficient (Wildman–Crippen LogP) is 6.04. The molecule has 55 heavy (non-hydrogen) atoms. The lowest BCUT2D eigenvalue weighted by molar-refractivity contribution is -0.140. The molecule has 1 aromatic heterocycles. The summed E-state index contributed by atoms with van der Waals surface area (Å²) in [5.41, 5.74) is 5.11. The fourth-order valence-electron chi connectivity index (χ4n) is 7.13. The zero-order chi connectivity index (χ0) is 36.4. The van der Waals surface area contributed by atoms with Crippen LogP contribution in [0, 0.1) is 23.7 Å². The van der Waals surface area contributed by atoms with Gasteiger partial charge in [0, 0.05) is 48.5 Å². The number of nitrogens with zero attached hydrogens (tertiary/aromatic N) is 4. The summed E-state index contributed by atoms with van der Waals surface area (Å²) in [4.78, 5) is 55.3. The maximum absolute atomic E-state index is 13.6. The van der Waals surface area contributed by atoms with Gasteiger partial charge >= 0.3 is 6.09 Å². The maximum atomic E-state index is 13.6. The van der Waals surface area contributed by atoms with Crippen LogP contribution in [0.2, 0.25) is 0 Å². The Morgan fingerprint density at radius 2 is 1.51 bits per heavy atom. The van der Waals surface area contributed by atoms with Crippen LogP contribution in [0.4, 0.5) is 4.79 Å². The van der Waals surface area contributed by atoms with Gasteiger partial charge in [-0.2, -0.15) is 54.0 Å². The van der Waals surface area contributed by atoms with E-state index in [0.717, 1.165) is 71.2 Å². The highest BCUT2D eigenvalue weighted by Crippen LogP contribution is 2.34. The van der Waals surface area contributed by atoms with Gasteiger partial charge in [0.25, 0.3) is 0 Å². The largest absolute Gasteiger partial charge is 0.453 e. The Hall–Kier alpha value is -3.55. The number of benzene rings is 2. The Kier molecular flexibility index (Phi) is 17.3. The van der Waals surface area contributed by atoms with Crippen LogP contribution >= 0.6 is 54.0 Å². The van der Waals surface area contributed by atoms with E-state index >= 15 is 0 Å². The van der Waals surface area contributed by atoms with Gasteiger partial charge in [0.05, 0.1) is 35.8 Å². The molecule has 11 nitrogen and oxygen atoms in total. The number of nitrogens with one attached hydrogen (secondary N) is 2. The molecule has 3 N–H and O–H groups in total. The lowest BCUT2D eigenvalue weighted by Gasteiger charge is -2.34. The Bertz CT molecular complexity index is 1950. The minimum Gasteiger partial charge on any atom is -0.453 e. The second-order valence-corrected chi connectivity index (χ2v) is 14.8. The zero-order valence-corrected chi connectivity index (χ0v) is 36.3. The number of aromatic nitrogens is 2. The molecule has 15 heteroatoms. The van der Waals surface area contributed by atoms with Crippen LogP contribution in [0.25, 0.3) is 16.6 Å². The molecule has 3 aromatic rings. The van der Waals surface area contributed by atoms with E-state index in [9.17, 15) is 19.5 Å². The van der Waals surface area contributed by atoms with E-state index in [1.54, 1.807) is 4.90 Å². The zero-order valence-electron chi connectivity index (χ0n) is 32.3. The number of alkyl carbamates (subject to hydrolysis) is 1. The van der Waals surface area contributed by atoms with Crippen molar-refractivity contribution in [3.63, 3.8) is 0 Å². The van der Waals surface area contributed by atoms with Gasteiger partial charge in [-0.15, -0.1) is 0 Å². The number of imidazole rings is 1. The summed E-state index contributed by atoms with van der Waals surface area (Å²) in [5.74, 6) is 7.34. The number of amides is 3. The van der Waals surface area contributed by atoms with Crippen molar-refractivity contribution in [2.75, 3.05) is 20.2 Å². The number of fused-ring (bicyclic) bond motifs is 1. The number of carbonyl (C=O) groups excluding carboxylic acids is 3. The third-order valence-electron chi connectivity index (χ3n) is 10.4. The number of H-pyrrole nitrogens is 1. The fraction of sp³-hybridized carbons (Fsp3) is 0.475. The van der Waals surface area contributed by atoms with Crippen molar-refractivity contribution in [3.8, 4) is 11.8 Å². The van der Waals surface area contributed by atoms with E-state index in [2.05, 4.69) is 52.9 Å². The number of aliphatic imine (C=N–C) groups is 1. The highest BCUT2D eigenvalue weighted by atomic mass is 32.1. The van der Waals surface area contributed by atoms with E-state index in [4.69, 9.17) is 9.98 Å². The molecule has 3 aliphatic rings. The maximum Gasteiger partial charge on any atom is 0.407 e. The number of carbonyl (C=O) groups is 3. The first-order valence-electron chi connectivity index (χ1n) is 17.9. The van der Waals surface area contributed by atoms with Gasteiger partial charge in [-0.3, -0.25) is 14.6 Å². The van der Waals surface area contributed by atoms with Crippen molar-refractivity contribution in [2.45, 2.75) is 90.4 Å². The molecule has 4 atom stereocenters. The van der Waals surface area contributed by atoms with E-state index < -0.39 is 23.6 Å². The molecule has 0 radical (unpaired) electrons. The highest BCUT2D eigenvalue weighted by molar-refractivity contribution is 7.59. The third-order valence-corrected chi connectivity index (χ3v) is 10.4. The standard InChI is InChI=1S/C40H48N6O5.4H2S/c1-24(2)25(3)37(47)45-19-7-9-33(45)32-22-29(23-41-32)28-16-13-26(14-17-28)11-12-27-15-18-30-31(21-27)43-36(42-30)34-10-8-20-46(34)38(48)35(40(4,5)50)44-39(49)51-6;;;;/h13-18,21,23-25,33-35,50H,7-10,19-20,22H2,1-6H3,(H,42,43)(H,44,49);4*1H2/t25-,33-,34-,35+;;;;/m0..../s1. The van der Waals surface area contributed by atoms with Crippen molar-refractivity contribution in [3.05, 3.63) is 71.2 Å². The molecule has 0 saturated carbocycles. The molecule has 2 aromatic carbocycles. The van der Waals surface area contributed by atoms with Crippen molar-refractivity contribution in [1.82, 2.24) is 25.1 Å². The van der Waals surface area contributed by atoms with E-state index in [1.165, 1.54) is 21.0 Å². The molecule has 0 spiro atoms. The lowest BCUT2D eigenvalue weighted by Crippen LogP contribution is -2.58. The van der Waals surface area contributed by atoms with Gasteiger partial charge < -0.3 is 29.9 Å². The van der Waals surface area contributed by atoms with Crippen LogP contribution in [0.3, 0.4) is 0 Å². The van der Waals surface area contributed by atoms with Gasteiger partial charge in [-0.05, 0) is 86.9 Å². The summed E-state index contributed by atoms with van der Waals surface area (Å²) in [5, 5.41) is 13.2. The number of allylic oxidation sites excluding steroid dienone is 1. The molecular formula is C40H56N6O5S4. The normalized spacial score (nSPS) is 18.7. The molecule has 0 bridgehead atoms. The van der Waals surface area contributed by atoms with Crippen molar-refractivity contribution >= 4 is 94.2 Å². The van der Waals surface area contributed by atoms with Gasteiger partial charge in [-0.25, -0.2) is 9.78 Å². The first kappa shape index (κ1) is 47.6. The summed E-state index contributed by atoms with van der Waals surface area (Å²) >= 11 is 0. The number of hydrogen-bond donors (Lipinski definition) is 3. The number of methoxy groups -OCH3 is 1. The SMILES string of the molecule is COC(=O)N[C@H](C(=O)N1CCC[C@H]1c1nc2ccc(C#Cc3ccc(C4=CN=C([C@@H]5CCCN5C(=O)[C@@H](C)C(C)C)C4)cc3)cc2[nH]1)C(C)(C)O.S.S.S.S. The number of aliphatic hydroxyl groups is 1. The first-order valence-corrected chi connectivity index (χ1v) is 17.9. The number of hydrogen-bond acceptors (Lipinski definition) is 7. The monoisotopic (exact) mass is 828 g/mol. The first-order chi connectivity index (χ1) is 24.3. The predicted molar refractivity (Wildman–Crippen MR) is 238 cm³/mol. The molecule has 2 saturated heterocycles. The van der Waals surface area contributed by atoms with Crippen LogP contribution in [0.15, 0.2) is 53.7 Å². The van der Waals surface area contributed by atoms with Gasteiger partial charge in [0.15, 0.2) is 0 Å². The number of aromatic amines is 1. The van der Waals surface area contributed by atoms with Crippen molar-refractivity contribution < 1.29 is 24.2 Å². The van der Waals surface area contributed by atoms with Crippen LogP contribution in [-0.4, -0.2) is 86.4 Å². The second kappa shape index (κ2) is 20.0. The van der Waals surface area contributed by atoms with E-state index in [-0.39, 0.29) is 77.9 Å². The summed E-state index contributed by atoms with van der Waals surface area (Å²) < 4.78 is 4.69. The lowest BCUT2D eigenvalue weighted by atomic mass is 9.94. The molecule has 6 rings (SSSR count). The summed E-state index contributed by atoms with van der Waals surface area (Å²) in [6.45, 7) is 10.5. The fourth-order valence-corrected chi connectivity index (χ4v) is 7.13. The quantitative estimate of drug-likeness (QED) is 0.237. The molecular weight excluding hydrogens is 773 g/mol. The average Bonchev–Trinajstić information content (AvgIpc) is 3.94. The smallest absolute Gasteiger partial charge is 0.407 e. The summed E-state index contributed by atoms with van der Waals surface area (Å²) in [7, 11) is 1.22. The van der Waals surface area contributed by atoms with Crippen LogP contribution in [-0.2, 0) is 14.3 Å². The second-order valence-electron chi connectivity index (χ2n) is 14.8. The van der Waals surface area contributed by atoms with Gasteiger partial charge in [0.1, 0.15) is 11.9 Å². The number of ether oxygens (including phenoxy) is 1. The average molecular weight is 829 g/mol. The molecule has 3 amide bonds. The van der Waals surface area contributed by atoms with Crippen LogP contribution in [0.1, 0.15) is 95.3 Å². The molecule has 300 valence electrons. The molecule has 4 heterocycles. The van der Waals surface area contributed by atoms with Gasteiger partial charge in [0.2, 0.25) is 11.8 Å². The van der Waals surface area contributed by atoms with Crippen molar-refractivity contribution in [2.24, 2.45) is 16.8 Å². The Morgan fingerprint density at radius 3 is 2.13 bits per heavy atom. The van der Waals surface area contributed by atoms with Crippen molar-refractivity contribution in [1.29, 1.82) is 0 Å². The van der Waals surface area contributed by atoms with Gasteiger partial charge in [-0.1, -0.05) is 44.7 Å². The van der Waals surface area contributed by atoms with Crippen LogP contribution in [0.5, 0.6) is 0 Å². The summed E-state index contributed by atoms with van der Waals surface area (Å²) in [6, 6.07) is 12.6. The minimum absolute atomic E-state index is 0. The Morgan fingerprint density at radius 1 is 0.909 bits per heavy atom. The highest BCUT2D eigenvalue weighted by Gasteiger charge is 2.42. The summed E-state index contributed by atoms with van der Waals surface area (Å²) in [6.07, 6.45) is 5.36.